The molecule has 0 bridgehead atoms. The van der Waals surface area contributed by atoms with E-state index in [9.17, 15) is 9.18 Å². The van der Waals surface area contributed by atoms with Crippen LogP contribution in [0.3, 0.4) is 0 Å². The van der Waals surface area contributed by atoms with Crippen molar-refractivity contribution in [1.82, 2.24) is 14.9 Å². The number of likely N-dealkylation sites (tertiary alicyclic amines) is 1. The monoisotopic (exact) mass is 330 g/mol. The van der Waals surface area contributed by atoms with Crippen molar-refractivity contribution >= 4 is 5.91 Å². The second-order valence-electron chi connectivity index (χ2n) is 5.66. The normalized spacial score (nSPS) is 15.3. The number of amides is 1. The Balaban J connectivity index is 1.73. The molecule has 126 valence electrons. The van der Waals surface area contributed by atoms with Gasteiger partial charge in [0.1, 0.15) is 17.3 Å². The Bertz CT molecular complexity index is 700. The van der Waals surface area contributed by atoms with Crippen LogP contribution in [0.1, 0.15) is 24.5 Å². The molecule has 0 radical (unpaired) electrons. The Labute approximate surface area is 139 Å². The molecule has 7 heteroatoms. The summed E-state index contributed by atoms with van der Waals surface area (Å²) in [7, 11) is 0. The van der Waals surface area contributed by atoms with E-state index in [2.05, 4.69) is 9.97 Å². The van der Waals surface area contributed by atoms with Gasteiger partial charge in [-0.3, -0.25) is 9.78 Å². The highest BCUT2D eigenvalue weighted by Gasteiger charge is 2.26. The molecule has 1 amide bonds. The third-order valence-corrected chi connectivity index (χ3v) is 4.13. The lowest BCUT2D eigenvalue weighted by Crippen LogP contribution is -2.41. The van der Waals surface area contributed by atoms with Gasteiger partial charge in [-0.1, -0.05) is 0 Å². The van der Waals surface area contributed by atoms with Crippen LogP contribution in [0.4, 0.5) is 4.39 Å². The third kappa shape index (κ3) is 3.68. The lowest BCUT2D eigenvalue weighted by Gasteiger charge is -2.31. The standard InChI is InChI=1S/C17H19FN4O2/c18-13-1-3-14(4-2-13)24-17-16(20-7-8-21-17)12-5-9-22(10-6-12)15(23)11-19/h1-4,7-8,12H,5-6,9-11,19H2. The first kappa shape index (κ1) is 16.3. The molecule has 2 aromatic rings. The van der Waals surface area contributed by atoms with Crippen molar-refractivity contribution in [2.45, 2.75) is 18.8 Å². The van der Waals surface area contributed by atoms with Gasteiger partial charge in [-0.05, 0) is 37.1 Å². The maximum Gasteiger partial charge on any atom is 0.241 e. The van der Waals surface area contributed by atoms with Gasteiger partial charge in [-0.25, -0.2) is 9.37 Å². The lowest BCUT2D eigenvalue weighted by atomic mass is 9.93. The molecule has 0 aliphatic carbocycles. The molecule has 0 saturated carbocycles. The quantitative estimate of drug-likeness (QED) is 0.928. The first-order valence-corrected chi connectivity index (χ1v) is 7.89. The second-order valence-corrected chi connectivity index (χ2v) is 5.66. The number of ether oxygens (including phenoxy) is 1. The van der Waals surface area contributed by atoms with E-state index in [1.165, 1.54) is 12.1 Å². The van der Waals surface area contributed by atoms with Crippen molar-refractivity contribution in [3.05, 3.63) is 48.2 Å². The number of hydrogen-bond donors (Lipinski definition) is 1. The number of nitrogens with zero attached hydrogens (tertiary/aromatic N) is 3. The van der Waals surface area contributed by atoms with Crippen molar-refractivity contribution in [3.63, 3.8) is 0 Å². The fourth-order valence-electron chi connectivity index (χ4n) is 2.84. The molecule has 0 atom stereocenters. The summed E-state index contributed by atoms with van der Waals surface area (Å²) >= 11 is 0. The highest BCUT2D eigenvalue weighted by Crippen LogP contribution is 2.33. The van der Waals surface area contributed by atoms with Crippen molar-refractivity contribution in [2.24, 2.45) is 5.73 Å². The Morgan fingerprint density at radius 1 is 1.21 bits per heavy atom. The third-order valence-electron chi connectivity index (χ3n) is 4.13. The SMILES string of the molecule is NCC(=O)N1CCC(c2nccnc2Oc2ccc(F)cc2)CC1. The Hall–Kier alpha value is -2.54. The van der Waals surface area contributed by atoms with Crippen LogP contribution >= 0.6 is 0 Å². The summed E-state index contributed by atoms with van der Waals surface area (Å²) in [6.07, 6.45) is 4.76. The zero-order chi connectivity index (χ0) is 16.9. The van der Waals surface area contributed by atoms with E-state index in [0.29, 0.717) is 24.7 Å². The molecule has 0 spiro atoms. The summed E-state index contributed by atoms with van der Waals surface area (Å²) in [6, 6.07) is 5.78. The van der Waals surface area contributed by atoms with Gasteiger partial charge in [0.25, 0.3) is 0 Å². The van der Waals surface area contributed by atoms with Crippen LogP contribution in [0, 0.1) is 5.82 Å². The predicted octanol–water partition coefficient (Wildman–Crippen LogP) is 2.07. The Kier molecular flexibility index (Phi) is 5.00. The van der Waals surface area contributed by atoms with E-state index in [4.69, 9.17) is 10.5 Å². The molecule has 1 saturated heterocycles. The van der Waals surface area contributed by atoms with E-state index in [-0.39, 0.29) is 24.2 Å². The van der Waals surface area contributed by atoms with Crippen LogP contribution in [-0.4, -0.2) is 40.4 Å². The molecule has 2 N–H and O–H groups in total. The minimum absolute atomic E-state index is 0.0321. The number of hydrogen-bond acceptors (Lipinski definition) is 5. The smallest absolute Gasteiger partial charge is 0.241 e. The first-order valence-electron chi connectivity index (χ1n) is 7.89. The minimum atomic E-state index is -0.321. The number of carbonyl (C=O) groups excluding carboxylic acids is 1. The number of halogens is 1. The molecule has 2 heterocycles. The first-order chi connectivity index (χ1) is 11.7. The van der Waals surface area contributed by atoms with Gasteiger partial charge in [0.15, 0.2) is 0 Å². The van der Waals surface area contributed by atoms with Crippen LogP contribution < -0.4 is 10.5 Å². The van der Waals surface area contributed by atoms with Gasteiger partial charge in [0.2, 0.25) is 11.8 Å². The molecular formula is C17H19FN4O2. The molecule has 1 aliphatic rings. The van der Waals surface area contributed by atoms with Crippen LogP contribution in [0.15, 0.2) is 36.7 Å². The number of rotatable bonds is 4. The van der Waals surface area contributed by atoms with Gasteiger partial charge in [-0.15, -0.1) is 0 Å². The average molecular weight is 330 g/mol. The van der Waals surface area contributed by atoms with Gasteiger partial charge in [0.05, 0.1) is 6.54 Å². The van der Waals surface area contributed by atoms with Crippen LogP contribution in [0.5, 0.6) is 11.6 Å². The van der Waals surface area contributed by atoms with Crippen molar-refractivity contribution in [1.29, 1.82) is 0 Å². The fraction of sp³-hybridized carbons (Fsp3) is 0.353. The molecule has 3 rings (SSSR count). The van der Waals surface area contributed by atoms with E-state index >= 15 is 0 Å². The molecule has 6 nitrogen and oxygen atoms in total. The Morgan fingerprint density at radius 3 is 2.54 bits per heavy atom. The van der Waals surface area contributed by atoms with E-state index in [0.717, 1.165) is 18.5 Å². The van der Waals surface area contributed by atoms with Crippen LogP contribution in [0.2, 0.25) is 0 Å². The molecular weight excluding hydrogens is 311 g/mol. The number of carbonyl (C=O) groups is 1. The summed E-state index contributed by atoms with van der Waals surface area (Å²) in [4.78, 5) is 22.1. The molecule has 1 aromatic heterocycles. The maximum absolute atomic E-state index is 13.0. The van der Waals surface area contributed by atoms with Crippen molar-refractivity contribution in [2.75, 3.05) is 19.6 Å². The minimum Gasteiger partial charge on any atom is -0.437 e. The average Bonchev–Trinajstić information content (AvgIpc) is 2.63. The summed E-state index contributed by atoms with van der Waals surface area (Å²) in [5.41, 5.74) is 6.17. The second kappa shape index (κ2) is 7.35. The highest BCUT2D eigenvalue weighted by molar-refractivity contribution is 5.78. The number of nitrogens with two attached hydrogens (primary N) is 1. The maximum atomic E-state index is 13.0. The molecule has 1 fully saturated rings. The van der Waals surface area contributed by atoms with Gasteiger partial charge in [-0.2, -0.15) is 0 Å². The lowest BCUT2D eigenvalue weighted by molar-refractivity contribution is -0.130. The van der Waals surface area contributed by atoms with Gasteiger partial charge < -0.3 is 15.4 Å². The highest BCUT2D eigenvalue weighted by atomic mass is 19.1. The van der Waals surface area contributed by atoms with E-state index in [1.54, 1.807) is 29.4 Å². The predicted molar refractivity (Wildman–Crippen MR) is 86.1 cm³/mol. The van der Waals surface area contributed by atoms with Crippen molar-refractivity contribution < 1.29 is 13.9 Å². The number of aromatic nitrogens is 2. The largest absolute Gasteiger partial charge is 0.437 e. The summed E-state index contributed by atoms with van der Waals surface area (Å²) < 4.78 is 18.8. The van der Waals surface area contributed by atoms with E-state index in [1.807, 2.05) is 0 Å². The fourth-order valence-corrected chi connectivity index (χ4v) is 2.84. The van der Waals surface area contributed by atoms with Gasteiger partial charge >= 0.3 is 0 Å². The topological polar surface area (TPSA) is 81.3 Å². The number of benzene rings is 1. The summed E-state index contributed by atoms with van der Waals surface area (Å²) in [5, 5.41) is 0. The molecule has 0 unspecified atom stereocenters. The van der Waals surface area contributed by atoms with E-state index < -0.39 is 0 Å². The Morgan fingerprint density at radius 2 is 1.88 bits per heavy atom. The zero-order valence-electron chi connectivity index (χ0n) is 13.2. The molecule has 1 aromatic carbocycles. The number of piperidine rings is 1. The molecule has 24 heavy (non-hydrogen) atoms. The summed E-state index contributed by atoms with van der Waals surface area (Å²) in [5.74, 6) is 0.742. The zero-order valence-corrected chi connectivity index (χ0v) is 13.2. The summed E-state index contributed by atoms with van der Waals surface area (Å²) in [6.45, 7) is 1.33. The van der Waals surface area contributed by atoms with Crippen LogP contribution in [-0.2, 0) is 4.79 Å². The van der Waals surface area contributed by atoms with Crippen LogP contribution in [0.25, 0.3) is 0 Å². The molecule has 1 aliphatic heterocycles. The van der Waals surface area contributed by atoms with Gasteiger partial charge in [0, 0.05) is 31.4 Å². The van der Waals surface area contributed by atoms with Crippen molar-refractivity contribution in [3.8, 4) is 11.6 Å².